The lowest BCUT2D eigenvalue weighted by Gasteiger charge is -2.21. The first kappa shape index (κ1) is 17.7. The Labute approximate surface area is 163 Å². The molecule has 0 aliphatic carbocycles. The van der Waals surface area contributed by atoms with E-state index in [9.17, 15) is 4.79 Å². The molecule has 0 bridgehead atoms. The Morgan fingerprint density at radius 2 is 1.61 bits per heavy atom. The molecule has 1 heterocycles. The van der Waals surface area contributed by atoms with Crippen molar-refractivity contribution in [2.45, 2.75) is 0 Å². The molecule has 3 aromatic rings. The zero-order valence-corrected chi connectivity index (χ0v) is 15.2. The number of benzene rings is 3. The van der Waals surface area contributed by atoms with E-state index in [1.165, 1.54) is 0 Å². The molecule has 0 saturated carbocycles. The van der Waals surface area contributed by atoms with Crippen molar-refractivity contribution in [3.63, 3.8) is 0 Å². The van der Waals surface area contributed by atoms with Gasteiger partial charge < -0.3 is 24.8 Å². The second kappa shape index (κ2) is 8.35. The summed E-state index contributed by atoms with van der Waals surface area (Å²) in [6.07, 6.45) is 0. The molecule has 3 aromatic carbocycles. The summed E-state index contributed by atoms with van der Waals surface area (Å²) in [5.41, 5.74) is 1.43. The summed E-state index contributed by atoms with van der Waals surface area (Å²) in [6, 6.07) is 22.3. The SMILES string of the molecule is O=C(CNc1cccc2c1OCCO2)Nc1ccc(Oc2ccccc2)cc1. The van der Waals surface area contributed by atoms with Crippen molar-refractivity contribution >= 4 is 17.3 Å². The zero-order valence-electron chi connectivity index (χ0n) is 15.2. The number of carbonyl (C=O) groups excluding carboxylic acids is 1. The third-order valence-corrected chi connectivity index (χ3v) is 4.12. The standard InChI is InChI=1S/C22H20N2O4/c25-21(15-23-19-7-4-8-20-22(19)27-14-13-26-20)24-16-9-11-18(12-10-16)28-17-5-2-1-3-6-17/h1-12,23H,13-15H2,(H,24,25). The molecule has 0 spiro atoms. The minimum absolute atomic E-state index is 0.113. The van der Waals surface area contributed by atoms with Crippen LogP contribution in [0.2, 0.25) is 0 Å². The van der Waals surface area contributed by atoms with Crippen LogP contribution in [0.5, 0.6) is 23.0 Å². The topological polar surface area (TPSA) is 68.8 Å². The maximum Gasteiger partial charge on any atom is 0.243 e. The van der Waals surface area contributed by atoms with Gasteiger partial charge in [0.25, 0.3) is 0 Å². The molecular formula is C22H20N2O4. The second-order valence-electron chi connectivity index (χ2n) is 6.17. The zero-order chi connectivity index (χ0) is 19.2. The smallest absolute Gasteiger partial charge is 0.243 e. The highest BCUT2D eigenvalue weighted by Crippen LogP contribution is 2.37. The number of amides is 1. The van der Waals surface area contributed by atoms with Gasteiger partial charge in [-0.2, -0.15) is 0 Å². The van der Waals surface area contributed by atoms with Crippen LogP contribution in [0.4, 0.5) is 11.4 Å². The summed E-state index contributed by atoms with van der Waals surface area (Å²) in [6.45, 7) is 1.14. The molecule has 142 valence electrons. The minimum Gasteiger partial charge on any atom is -0.486 e. The lowest BCUT2D eigenvalue weighted by atomic mass is 10.2. The van der Waals surface area contributed by atoms with Gasteiger partial charge in [0.2, 0.25) is 5.91 Å². The summed E-state index contributed by atoms with van der Waals surface area (Å²) in [5.74, 6) is 2.64. The van der Waals surface area contributed by atoms with Crippen molar-refractivity contribution < 1.29 is 19.0 Å². The number of nitrogens with one attached hydrogen (secondary N) is 2. The monoisotopic (exact) mass is 376 g/mol. The molecule has 1 aliphatic heterocycles. The molecule has 0 saturated heterocycles. The fraction of sp³-hybridized carbons (Fsp3) is 0.136. The predicted octanol–water partition coefficient (Wildman–Crippen LogP) is 4.30. The molecule has 2 N–H and O–H groups in total. The van der Waals surface area contributed by atoms with Crippen LogP contribution in [-0.4, -0.2) is 25.7 Å². The Bertz CT molecular complexity index is 943. The van der Waals surface area contributed by atoms with Gasteiger partial charge in [0, 0.05) is 5.69 Å². The number of carbonyl (C=O) groups is 1. The van der Waals surface area contributed by atoms with Gasteiger partial charge in [-0.3, -0.25) is 4.79 Å². The number of hydrogen-bond donors (Lipinski definition) is 2. The van der Waals surface area contributed by atoms with E-state index in [-0.39, 0.29) is 12.5 Å². The van der Waals surface area contributed by atoms with E-state index >= 15 is 0 Å². The fourth-order valence-corrected chi connectivity index (χ4v) is 2.82. The van der Waals surface area contributed by atoms with Crippen molar-refractivity contribution in [1.29, 1.82) is 0 Å². The van der Waals surface area contributed by atoms with Crippen LogP contribution in [0.3, 0.4) is 0 Å². The largest absolute Gasteiger partial charge is 0.486 e. The first-order chi connectivity index (χ1) is 13.8. The number of hydrogen-bond acceptors (Lipinski definition) is 5. The van der Waals surface area contributed by atoms with E-state index in [2.05, 4.69) is 10.6 Å². The van der Waals surface area contributed by atoms with Gasteiger partial charge in [0.15, 0.2) is 11.5 Å². The van der Waals surface area contributed by atoms with Gasteiger partial charge in [-0.25, -0.2) is 0 Å². The summed E-state index contributed by atoms with van der Waals surface area (Å²) in [4.78, 5) is 12.3. The average molecular weight is 376 g/mol. The molecule has 0 unspecified atom stereocenters. The molecule has 6 heteroatoms. The van der Waals surface area contributed by atoms with E-state index in [1.54, 1.807) is 12.1 Å². The molecule has 1 amide bonds. The molecular weight excluding hydrogens is 356 g/mol. The van der Waals surface area contributed by atoms with Crippen LogP contribution in [0, 0.1) is 0 Å². The van der Waals surface area contributed by atoms with Gasteiger partial charge in [-0.1, -0.05) is 24.3 Å². The first-order valence-corrected chi connectivity index (χ1v) is 9.03. The Hall–Kier alpha value is -3.67. The number of anilines is 2. The lowest BCUT2D eigenvalue weighted by molar-refractivity contribution is -0.114. The summed E-state index contributed by atoms with van der Waals surface area (Å²) in [5, 5.41) is 5.95. The van der Waals surface area contributed by atoms with Crippen LogP contribution in [0.1, 0.15) is 0 Å². The van der Waals surface area contributed by atoms with E-state index in [0.29, 0.717) is 36.1 Å². The van der Waals surface area contributed by atoms with Crippen molar-refractivity contribution in [3.8, 4) is 23.0 Å². The van der Waals surface area contributed by atoms with E-state index in [4.69, 9.17) is 14.2 Å². The molecule has 0 radical (unpaired) electrons. The van der Waals surface area contributed by atoms with Gasteiger partial charge in [-0.15, -0.1) is 0 Å². The molecule has 0 aromatic heterocycles. The molecule has 6 nitrogen and oxygen atoms in total. The van der Waals surface area contributed by atoms with Crippen LogP contribution in [0.25, 0.3) is 0 Å². The lowest BCUT2D eigenvalue weighted by Crippen LogP contribution is -2.23. The van der Waals surface area contributed by atoms with Crippen molar-refractivity contribution in [1.82, 2.24) is 0 Å². The van der Waals surface area contributed by atoms with E-state index in [1.807, 2.05) is 60.7 Å². The van der Waals surface area contributed by atoms with E-state index in [0.717, 1.165) is 11.4 Å². The molecule has 4 rings (SSSR count). The maximum absolute atomic E-state index is 12.3. The average Bonchev–Trinajstić information content (AvgIpc) is 2.74. The molecule has 28 heavy (non-hydrogen) atoms. The highest BCUT2D eigenvalue weighted by atomic mass is 16.6. The number of fused-ring (bicyclic) bond motifs is 1. The van der Waals surface area contributed by atoms with Gasteiger partial charge in [-0.05, 0) is 48.5 Å². The Kier molecular flexibility index (Phi) is 5.29. The van der Waals surface area contributed by atoms with Crippen molar-refractivity contribution in [2.75, 3.05) is 30.4 Å². The van der Waals surface area contributed by atoms with E-state index < -0.39 is 0 Å². The van der Waals surface area contributed by atoms with Gasteiger partial charge >= 0.3 is 0 Å². The number of ether oxygens (including phenoxy) is 3. The number of rotatable bonds is 6. The van der Waals surface area contributed by atoms with Crippen molar-refractivity contribution in [2.24, 2.45) is 0 Å². The number of para-hydroxylation sites is 2. The molecule has 1 aliphatic rings. The fourth-order valence-electron chi connectivity index (χ4n) is 2.82. The highest BCUT2D eigenvalue weighted by Gasteiger charge is 2.16. The quantitative estimate of drug-likeness (QED) is 0.671. The molecule has 0 fully saturated rings. The van der Waals surface area contributed by atoms with Crippen LogP contribution in [-0.2, 0) is 4.79 Å². The normalized spacial score (nSPS) is 12.1. The summed E-state index contributed by atoms with van der Waals surface area (Å²) >= 11 is 0. The predicted molar refractivity (Wildman–Crippen MR) is 108 cm³/mol. The minimum atomic E-state index is -0.161. The van der Waals surface area contributed by atoms with Gasteiger partial charge in [0.05, 0.1) is 12.2 Å². The van der Waals surface area contributed by atoms with Crippen LogP contribution >= 0.6 is 0 Å². The third kappa shape index (κ3) is 4.35. The molecule has 0 atom stereocenters. The van der Waals surface area contributed by atoms with Crippen LogP contribution < -0.4 is 24.8 Å². The summed E-state index contributed by atoms with van der Waals surface area (Å²) in [7, 11) is 0. The van der Waals surface area contributed by atoms with Gasteiger partial charge in [0.1, 0.15) is 24.7 Å². The van der Waals surface area contributed by atoms with Crippen LogP contribution in [0.15, 0.2) is 72.8 Å². The van der Waals surface area contributed by atoms with Crippen molar-refractivity contribution in [3.05, 3.63) is 72.8 Å². The Morgan fingerprint density at radius 1 is 0.857 bits per heavy atom. The Balaban J connectivity index is 1.32. The second-order valence-corrected chi connectivity index (χ2v) is 6.17. The maximum atomic E-state index is 12.3. The summed E-state index contributed by atoms with van der Waals surface area (Å²) < 4.78 is 16.9. The Morgan fingerprint density at radius 3 is 2.43 bits per heavy atom. The highest BCUT2D eigenvalue weighted by molar-refractivity contribution is 5.94. The first-order valence-electron chi connectivity index (χ1n) is 9.03. The third-order valence-electron chi connectivity index (χ3n) is 4.12.